The molecule has 106 valence electrons. The molecule has 2 nitrogen and oxygen atoms in total. The highest BCUT2D eigenvalue weighted by molar-refractivity contribution is 5.85. The lowest BCUT2D eigenvalue weighted by molar-refractivity contribution is 0.526. The van der Waals surface area contributed by atoms with Gasteiger partial charge in [-0.15, -0.1) is 0 Å². The van der Waals surface area contributed by atoms with E-state index in [4.69, 9.17) is 4.98 Å². The number of nitrogens with zero attached hydrogens (tertiary/aromatic N) is 2. The van der Waals surface area contributed by atoms with Crippen LogP contribution in [-0.4, -0.2) is 9.55 Å². The van der Waals surface area contributed by atoms with Crippen LogP contribution in [0, 0.1) is 27.7 Å². The second kappa shape index (κ2) is 4.66. The fourth-order valence-electron chi connectivity index (χ4n) is 2.78. The van der Waals surface area contributed by atoms with E-state index in [1.165, 1.54) is 33.3 Å². The van der Waals surface area contributed by atoms with E-state index < -0.39 is 0 Å². The summed E-state index contributed by atoms with van der Waals surface area (Å²) in [6.45, 7) is 15.5. The van der Waals surface area contributed by atoms with Crippen LogP contribution in [0.1, 0.15) is 56.3 Å². The largest absolute Gasteiger partial charge is 0.330 e. The van der Waals surface area contributed by atoms with E-state index in [0.717, 1.165) is 5.82 Å². The van der Waals surface area contributed by atoms with Gasteiger partial charge < -0.3 is 4.57 Å². The average molecular weight is 260 g/mol. The lowest BCUT2D eigenvalue weighted by atomic mass is 9.96. The van der Waals surface area contributed by atoms with E-state index >= 15 is 0 Å². The van der Waals surface area contributed by atoms with Gasteiger partial charge in [-0.1, -0.05) is 28.2 Å². The van der Waals surface area contributed by atoms with Crippen molar-refractivity contribution in [1.82, 2.24) is 9.55 Å². The van der Waals surface area contributed by atoms with Crippen LogP contribution >= 0.6 is 0 Å². The fourth-order valence-corrected chi connectivity index (χ4v) is 2.78. The Kier molecular flexibility index (Phi) is 3.86. The van der Waals surface area contributed by atoms with Crippen molar-refractivity contribution in [3.05, 3.63) is 28.1 Å². The van der Waals surface area contributed by atoms with Crippen LogP contribution in [-0.2, 0) is 12.5 Å². The normalized spacial score (nSPS) is 11.8. The molecule has 0 amide bonds. The molecule has 0 saturated heterocycles. The van der Waals surface area contributed by atoms with Crippen molar-refractivity contribution in [2.45, 2.75) is 61.3 Å². The van der Waals surface area contributed by atoms with Gasteiger partial charge in [0.25, 0.3) is 0 Å². The lowest BCUT2D eigenvalue weighted by Crippen LogP contribution is -2.17. The van der Waals surface area contributed by atoms with Crippen molar-refractivity contribution in [3.63, 3.8) is 0 Å². The molecule has 1 heterocycles. The molecule has 0 radical (unpaired) electrons. The Labute approximate surface area is 117 Å². The van der Waals surface area contributed by atoms with E-state index in [1.54, 1.807) is 0 Å². The fraction of sp³-hybridized carbons (Fsp3) is 0.588. The monoisotopic (exact) mass is 260 g/mol. The van der Waals surface area contributed by atoms with Crippen LogP contribution in [0.2, 0.25) is 0 Å². The van der Waals surface area contributed by atoms with E-state index in [1.807, 2.05) is 0 Å². The van der Waals surface area contributed by atoms with Gasteiger partial charge >= 0.3 is 0 Å². The van der Waals surface area contributed by atoms with E-state index in [9.17, 15) is 0 Å². The molecule has 1 aromatic carbocycles. The molecule has 2 heteroatoms. The third-order valence-electron chi connectivity index (χ3n) is 4.16. The molecule has 2 rings (SSSR count). The quantitative estimate of drug-likeness (QED) is 0.669. The molecule has 19 heavy (non-hydrogen) atoms. The molecule has 0 unspecified atom stereocenters. The highest BCUT2D eigenvalue weighted by Gasteiger charge is 2.23. The standard InChI is InChI=1S/C16H24N2.CH4/c1-9-10(2)12(4)14-13(11(9)3)17-15(18(14)8)16(5,6)7;/h1-8H3;1H4. The van der Waals surface area contributed by atoms with Gasteiger partial charge in [0.2, 0.25) is 0 Å². The third-order valence-corrected chi connectivity index (χ3v) is 4.16. The highest BCUT2D eigenvalue weighted by Crippen LogP contribution is 2.32. The summed E-state index contributed by atoms with van der Waals surface area (Å²) >= 11 is 0. The van der Waals surface area contributed by atoms with Gasteiger partial charge in [-0.25, -0.2) is 4.98 Å². The maximum absolute atomic E-state index is 4.91. The first-order valence-corrected chi connectivity index (χ1v) is 6.59. The number of rotatable bonds is 0. The van der Waals surface area contributed by atoms with Gasteiger partial charge in [-0.2, -0.15) is 0 Å². The zero-order valence-corrected chi connectivity index (χ0v) is 12.9. The van der Waals surface area contributed by atoms with Crippen LogP contribution in [0.4, 0.5) is 0 Å². The molecule has 0 N–H and O–H groups in total. The second-order valence-corrected chi connectivity index (χ2v) is 6.44. The van der Waals surface area contributed by atoms with Crippen LogP contribution < -0.4 is 0 Å². The molecule has 0 spiro atoms. The predicted molar refractivity (Wildman–Crippen MR) is 85.1 cm³/mol. The van der Waals surface area contributed by atoms with Gasteiger partial charge in [-0.05, 0) is 49.9 Å². The number of aryl methyl sites for hydroxylation is 3. The Morgan fingerprint density at radius 2 is 1.32 bits per heavy atom. The van der Waals surface area contributed by atoms with E-state index in [-0.39, 0.29) is 12.8 Å². The first-order chi connectivity index (χ1) is 8.16. The first kappa shape index (κ1) is 15.7. The summed E-state index contributed by atoms with van der Waals surface area (Å²) in [6, 6.07) is 0. The van der Waals surface area contributed by atoms with Crippen LogP contribution in [0.15, 0.2) is 0 Å². The minimum Gasteiger partial charge on any atom is -0.330 e. The number of benzene rings is 1. The van der Waals surface area contributed by atoms with Crippen molar-refractivity contribution in [2.75, 3.05) is 0 Å². The summed E-state index contributed by atoms with van der Waals surface area (Å²) in [5, 5.41) is 0. The number of aromatic nitrogens is 2. The van der Waals surface area contributed by atoms with Gasteiger partial charge in [0, 0.05) is 12.5 Å². The smallest absolute Gasteiger partial charge is 0.115 e. The summed E-state index contributed by atoms with van der Waals surface area (Å²) in [5.74, 6) is 1.16. The topological polar surface area (TPSA) is 17.8 Å². The molecule has 0 atom stereocenters. The summed E-state index contributed by atoms with van der Waals surface area (Å²) in [4.78, 5) is 4.91. The summed E-state index contributed by atoms with van der Waals surface area (Å²) in [7, 11) is 2.14. The van der Waals surface area contributed by atoms with Crippen LogP contribution in [0.5, 0.6) is 0 Å². The second-order valence-electron chi connectivity index (χ2n) is 6.44. The van der Waals surface area contributed by atoms with Crippen molar-refractivity contribution < 1.29 is 0 Å². The SMILES string of the molecule is C.Cc1c(C)c(C)c2c(nc(C(C)(C)C)n2C)c1C. The Hall–Kier alpha value is -1.31. The van der Waals surface area contributed by atoms with Crippen molar-refractivity contribution in [2.24, 2.45) is 7.05 Å². The number of fused-ring (bicyclic) bond motifs is 1. The molecule has 0 saturated carbocycles. The predicted octanol–water partition coefficient (Wildman–Crippen LogP) is 4.74. The number of hydrogen-bond donors (Lipinski definition) is 0. The van der Waals surface area contributed by atoms with Gasteiger partial charge in [0.15, 0.2) is 0 Å². The Morgan fingerprint density at radius 1 is 0.842 bits per heavy atom. The minimum absolute atomic E-state index is 0. The molecule has 0 bridgehead atoms. The van der Waals surface area contributed by atoms with Crippen molar-refractivity contribution in [1.29, 1.82) is 0 Å². The Bertz CT molecular complexity index is 625. The molecule has 0 aliphatic rings. The van der Waals surface area contributed by atoms with E-state index in [0.29, 0.717) is 0 Å². The number of hydrogen-bond acceptors (Lipinski definition) is 1. The van der Waals surface area contributed by atoms with Gasteiger partial charge in [-0.3, -0.25) is 0 Å². The maximum Gasteiger partial charge on any atom is 0.115 e. The zero-order chi connectivity index (χ0) is 13.8. The molecule has 0 aliphatic heterocycles. The first-order valence-electron chi connectivity index (χ1n) is 6.59. The molecular formula is C17H28N2. The van der Waals surface area contributed by atoms with Crippen molar-refractivity contribution >= 4 is 11.0 Å². The maximum atomic E-state index is 4.91. The minimum atomic E-state index is 0. The molecule has 0 aliphatic carbocycles. The van der Waals surface area contributed by atoms with Crippen molar-refractivity contribution in [3.8, 4) is 0 Å². The molecule has 0 fully saturated rings. The zero-order valence-electron chi connectivity index (χ0n) is 12.9. The third kappa shape index (κ3) is 2.18. The van der Waals surface area contributed by atoms with E-state index in [2.05, 4.69) is 60.1 Å². The Morgan fingerprint density at radius 3 is 1.79 bits per heavy atom. The average Bonchev–Trinajstić information content (AvgIpc) is 2.61. The molecule has 1 aromatic heterocycles. The Balaban J connectivity index is 0.00000180. The number of imidazole rings is 1. The van der Waals surface area contributed by atoms with Gasteiger partial charge in [0.05, 0.1) is 11.0 Å². The molecular weight excluding hydrogens is 232 g/mol. The summed E-state index contributed by atoms with van der Waals surface area (Å²) in [5.41, 5.74) is 7.98. The summed E-state index contributed by atoms with van der Waals surface area (Å²) in [6.07, 6.45) is 0. The van der Waals surface area contributed by atoms with Crippen LogP contribution in [0.25, 0.3) is 11.0 Å². The lowest BCUT2D eigenvalue weighted by Gasteiger charge is -2.18. The van der Waals surface area contributed by atoms with Crippen LogP contribution in [0.3, 0.4) is 0 Å². The molecule has 2 aromatic rings. The summed E-state index contributed by atoms with van der Waals surface area (Å²) < 4.78 is 2.27. The highest BCUT2D eigenvalue weighted by atomic mass is 15.1. The van der Waals surface area contributed by atoms with Gasteiger partial charge in [0.1, 0.15) is 5.82 Å².